The second-order valence-corrected chi connectivity index (χ2v) is 5.87. The Bertz CT molecular complexity index is 570. The van der Waals surface area contributed by atoms with Crippen LogP contribution in [0.15, 0.2) is 24.3 Å². The quantitative estimate of drug-likeness (QED) is 0.752. The van der Waals surface area contributed by atoms with Gasteiger partial charge in [0.15, 0.2) is 0 Å². The highest BCUT2D eigenvalue weighted by Gasteiger charge is 2.11. The first-order valence-corrected chi connectivity index (χ1v) is 7.85. The largest absolute Gasteiger partial charge is 0.341 e. The molecule has 0 aliphatic heterocycles. The van der Waals surface area contributed by atoms with Crippen LogP contribution in [0.1, 0.15) is 20.3 Å². The number of anilines is 2. The van der Waals surface area contributed by atoms with Crippen molar-refractivity contribution < 1.29 is 14.4 Å². The summed E-state index contributed by atoms with van der Waals surface area (Å²) >= 11 is 0. The number of nitrogens with zero attached hydrogens (tertiary/aromatic N) is 2. The van der Waals surface area contributed by atoms with E-state index in [0.717, 1.165) is 6.54 Å². The number of likely N-dealkylation sites (N-methyl/N-ethyl adjacent to an activating group) is 1. The predicted octanol–water partition coefficient (Wildman–Crippen LogP) is 1.38. The maximum absolute atomic E-state index is 12.0. The Kier molecular flexibility index (Phi) is 7.91. The van der Waals surface area contributed by atoms with Crippen LogP contribution in [0.5, 0.6) is 0 Å². The molecule has 0 saturated carbocycles. The number of hydrogen-bond donors (Lipinski definition) is 2. The molecule has 1 rings (SSSR count). The van der Waals surface area contributed by atoms with Crippen LogP contribution in [0.2, 0.25) is 0 Å². The molecule has 0 radical (unpaired) electrons. The zero-order valence-corrected chi connectivity index (χ0v) is 14.8. The van der Waals surface area contributed by atoms with Gasteiger partial charge in [0.05, 0.1) is 0 Å². The Morgan fingerprint density at radius 1 is 0.875 bits per heavy atom. The number of benzene rings is 1. The van der Waals surface area contributed by atoms with E-state index in [0.29, 0.717) is 24.5 Å². The van der Waals surface area contributed by atoms with Gasteiger partial charge in [-0.05, 0) is 38.4 Å². The van der Waals surface area contributed by atoms with Crippen molar-refractivity contribution in [3.8, 4) is 0 Å². The van der Waals surface area contributed by atoms with Crippen LogP contribution in [0.4, 0.5) is 11.4 Å². The Hall–Kier alpha value is -2.41. The maximum atomic E-state index is 12.0. The molecule has 0 fully saturated rings. The maximum Gasteiger partial charge on any atom is 0.226 e. The van der Waals surface area contributed by atoms with Crippen LogP contribution in [-0.2, 0) is 14.4 Å². The van der Waals surface area contributed by atoms with E-state index in [2.05, 4.69) is 10.6 Å². The van der Waals surface area contributed by atoms with Gasteiger partial charge in [-0.3, -0.25) is 14.4 Å². The Morgan fingerprint density at radius 3 is 1.88 bits per heavy atom. The minimum Gasteiger partial charge on any atom is -0.341 e. The monoisotopic (exact) mass is 334 g/mol. The van der Waals surface area contributed by atoms with Gasteiger partial charge in [0.1, 0.15) is 0 Å². The lowest BCUT2D eigenvalue weighted by Gasteiger charge is -2.22. The number of carbonyl (C=O) groups excluding carboxylic acids is 3. The normalized spacial score (nSPS) is 10.4. The molecule has 2 N–H and O–H groups in total. The summed E-state index contributed by atoms with van der Waals surface area (Å²) in [7, 11) is 3.88. The fourth-order valence-corrected chi connectivity index (χ4v) is 2.05. The molecule has 24 heavy (non-hydrogen) atoms. The standard InChI is InChI=1S/C17H26N4O3/c1-13(22)18-15-5-7-16(8-6-15)19-17(24)9-10-21(14(2)23)12-11-20(3)4/h5-8H,9-12H2,1-4H3,(H,18,22)(H,19,24). The molecular weight excluding hydrogens is 308 g/mol. The van der Waals surface area contributed by atoms with E-state index in [9.17, 15) is 14.4 Å². The molecule has 0 unspecified atom stereocenters. The lowest BCUT2D eigenvalue weighted by molar-refractivity contribution is -0.129. The molecule has 0 bridgehead atoms. The van der Waals surface area contributed by atoms with E-state index in [-0.39, 0.29) is 24.1 Å². The molecule has 0 saturated heterocycles. The summed E-state index contributed by atoms with van der Waals surface area (Å²) < 4.78 is 0. The molecular formula is C17H26N4O3. The fraction of sp³-hybridized carbons (Fsp3) is 0.471. The van der Waals surface area contributed by atoms with Gasteiger partial charge in [0.2, 0.25) is 17.7 Å². The van der Waals surface area contributed by atoms with Crippen molar-refractivity contribution in [2.45, 2.75) is 20.3 Å². The van der Waals surface area contributed by atoms with Crippen LogP contribution in [0.3, 0.4) is 0 Å². The lowest BCUT2D eigenvalue weighted by Crippen LogP contribution is -2.37. The second kappa shape index (κ2) is 9.67. The van der Waals surface area contributed by atoms with Crippen LogP contribution in [0, 0.1) is 0 Å². The smallest absolute Gasteiger partial charge is 0.226 e. The van der Waals surface area contributed by atoms with Crippen molar-refractivity contribution >= 4 is 29.1 Å². The summed E-state index contributed by atoms with van der Waals surface area (Å²) in [5.41, 5.74) is 1.32. The van der Waals surface area contributed by atoms with Gasteiger partial charge in [0.25, 0.3) is 0 Å². The number of nitrogens with one attached hydrogen (secondary N) is 2. The minimum atomic E-state index is -0.154. The summed E-state index contributed by atoms with van der Waals surface area (Å²) in [4.78, 5) is 38.2. The third-order valence-corrected chi connectivity index (χ3v) is 3.36. The summed E-state index contributed by atoms with van der Waals surface area (Å²) in [6, 6.07) is 6.88. The van der Waals surface area contributed by atoms with Crippen molar-refractivity contribution in [3.63, 3.8) is 0 Å². The second-order valence-electron chi connectivity index (χ2n) is 5.87. The topological polar surface area (TPSA) is 81.8 Å². The van der Waals surface area contributed by atoms with Gasteiger partial charge in [-0.25, -0.2) is 0 Å². The Labute approximate surface area is 143 Å². The molecule has 0 aliphatic carbocycles. The molecule has 0 spiro atoms. The molecule has 0 aromatic heterocycles. The average molecular weight is 334 g/mol. The van der Waals surface area contributed by atoms with Crippen molar-refractivity contribution in [1.29, 1.82) is 0 Å². The highest BCUT2D eigenvalue weighted by Crippen LogP contribution is 2.13. The summed E-state index contributed by atoms with van der Waals surface area (Å²) in [5, 5.41) is 5.44. The average Bonchev–Trinajstić information content (AvgIpc) is 2.48. The number of rotatable bonds is 8. The van der Waals surface area contributed by atoms with E-state index < -0.39 is 0 Å². The first kappa shape index (κ1) is 19.6. The molecule has 0 atom stereocenters. The Balaban J connectivity index is 2.46. The molecule has 0 aliphatic rings. The molecule has 7 heteroatoms. The zero-order chi connectivity index (χ0) is 18.1. The molecule has 1 aromatic carbocycles. The van der Waals surface area contributed by atoms with Crippen LogP contribution >= 0.6 is 0 Å². The van der Waals surface area contributed by atoms with Crippen LogP contribution in [0.25, 0.3) is 0 Å². The van der Waals surface area contributed by atoms with E-state index in [1.165, 1.54) is 13.8 Å². The number of hydrogen-bond acceptors (Lipinski definition) is 4. The van der Waals surface area contributed by atoms with E-state index in [4.69, 9.17) is 0 Å². The van der Waals surface area contributed by atoms with Gasteiger partial charge in [-0.1, -0.05) is 0 Å². The van der Waals surface area contributed by atoms with Gasteiger partial charge >= 0.3 is 0 Å². The van der Waals surface area contributed by atoms with Gasteiger partial charge in [0, 0.05) is 51.3 Å². The molecule has 3 amide bonds. The fourth-order valence-electron chi connectivity index (χ4n) is 2.05. The summed E-state index contributed by atoms with van der Waals surface area (Å²) in [6.07, 6.45) is 0.237. The van der Waals surface area contributed by atoms with Crippen molar-refractivity contribution in [1.82, 2.24) is 9.80 Å². The van der Waals surface area contributed by atoms with Gasteiger partial charge in [-0.15, -0.1) is 0 Å². The molecule has 7 nitrogen and oxygen atoms in total. The Morgan fingerprint density at radius 2 is 1.42 bits per heavy atom. The van der Waals surface area contributed by atoms with E-state index in [1.54, 1.807) is 29.2 Å². The molecule has 0 heterocycles. The molecule has 1 aromatic rings. The predicted molar refractivity (Wildman–Crippen MR) is 94.8 cm³/mol. The lowest BCUT2D eigenvalue weighted by atomic mass is 10.2. The zero-order valence-electron chi connectivity index (χ0n) is 14.8. The highest BCUT2D eigenvalue weighted by molar-refractivity contribution is 5.92. The number of amides is 3. The van der Waals surface area contributed by atoms with E-state index >= 15 is 0 Å². The van der Waals surface area contributed by atoms with Crippen molar-refractivity contribution in [2.24, 2.45) is 0 Å². The SMILES string of the molecule is CC(=O)Nc1ccc(NC(=O)CCN(CCN(C)C)C(C)=O)cc1. The summed E-state index contributed by atoms with van der Waals surface area (Å²) in [5.74, 6) is -0.337. The minimum absolute atomic E-state index is 0.0377. The third kappa shape index (κ3) is 7.73. The van der Waals surface area contributed by atoms with Crippen LogP contribution in [-0.4, -0.2) is 61.3 Å². The molecule has 132 valence electrons. The third-order valence-electron chi connectivity index (χ3n) is 3.36. The van der Waals surface area contributed by atoms with Crippen molar-refractivity contribution in [3.05, 3.63) is 24.3 Å². The first-order chi connectivity index (χ1) is 11.3. The first-order valence-electron chi connectivity index (χ1n) is 7.85. The van der Waals surface area contributed by atoms with Gasteiger partial charge in [-0.2, -0.15) is 0 Å². The summed E-state index contributed by atoms with van der Waals surface area (Å²) in [6.45, 7) is 4.69. The number of carbonyl (C=O) groups is 3. The van der Waals surface area contributed by atoms with Gasteiger partial charge < -0.3 is 20.4 Å². The van der Waals surface area contributed by atoms with Crippen LogP contribution < -0.4 is 10.6 Å². The van der Waals surface area contributed by atoms with Crippen molar-refractivity contribution in [2.75, 3.05) is 44.4 Å². The van der Waals surface area contributed by atoms with E-state index in [1.807, 2.05) is 19.0 Å². The highest BCUT2D eigenvalue weighted by atomic mass is 16.2.